The number of ether oxygens (including phenoxy) is 1. The fourth-order valence-electron chi connectivity index (χ4n) is 1.07. The maximum atomic E-state index is 11.1. The Kier molecular flexibility index (Phi) is 9.21. The van der Waals surface area contributed by atoms with Gasteiger partial charge in [-0.15, -0.1) is 0 Å². The van der Waals surface area contributed by atoms with Crippen molar-refractivity contribution in [2.45, 2.75) is 32.2 Å². The van der Waals surface area contributed by atoms with Crippen molar-refractivity contribution in [3.05, 3.63) is 0 Å². The zero-order chi connectivity index (χ0) is 11.5. The summed E-state index contributed by atoms with van der Waals surface area (Å²) < 4.78 is 4.91. The maximum Gasteiger partial charge on any atom is 0.315 e. The Morgan fingerprint density at radius 2 is 2.13 bits per heavy atom. The Bertz CT molecular complexity index is 165. The summed E-state index contributed by atoms with van der Waals surface area (Å²) in [5.41, 5.74) is 0. The average molecular weight is 218 g/mol. The Morgan fingerprint density at radius 1 is 1.40 bits per heavy atom. The molecule has 90 valence electrons. The minimum absolute atomic E-state index is 0.0404. The molecule has 0 radical (unpaired) electrons. The van der Waals surface area contributed by atoms with Gasteiger partial charge < -0.3 is 20.5 Å². The summed E-state index contributed by atoms with van der Waals surface area (Å²) in [5.74, 6) is 0. The largest absolute Gasteiger partial charge is 0.394 e. The van der Waals surface area contributed by atoms with Gasteiger partial charge in [0.25, 0.3) is 0 Å². The molecular weight excluding hydrogens is 196 g/mol. The van der Waals surface area contributed by atoms with Gasteiger partial charge in [-0.2, -0.15) is 0 Å². The first-order valence-corrected chi connectivity index (χ1v) is 5.35. The first-order valence-electron chi connectivity index (χ1n) is 5.35. The van der Waals surface area contributed by atoms with E-state index in [0.29, 0.717) is 6.54 Å². The van der Waals surface area contributed by atoms with Gasteiger partial charge in [0.2, 0.25) is 0 Å². The quantitative estimate of drug-likeness (QED) is 0.519. The number of hydrogen-bond donors (Lipinski definition) is 3. The third-order valence-corrected chi connectivity index (χ3v) is 1.96. The van der Waals surface area contributed by atoms with Crippen LogP contribution < -0.4 is 10.6 Å². The highest BCUT2D eigenvalue weighted by atomic mass is 16.5. The third-order valence-electron chi connectivity index (χ3n) is 1.96. The van der Waals surface area contributed by atoms with Crippen LogP contribution >= 0.6 is 0 Å². The Hall–Kier alpha value is -0.810. The molecule has 15 heavy (non-hydrogen) atoms. The van der Waals surface area contributed by atoms with Gasteiger partial charge in [0.1, 0.15) is 0 Å². The molecular formula is C10H22N2O3. The van der Waals surface area contributed by atoms with Gasteiger partial charge in [-0.3, -0.25) is 0 Å². The second kappa shape index (κ2) is 9.73. The van der Waals surface area contributed by atoms with Crippen LogP contribution in [0.4, 0.5) is 4.79 Å². The molecule has 5 heteroatoms. The normalized spacial score (nSPS) is 12.2. The smallest absolute Gasteiger partial charge is 0.315 e. The lowest BCUT2D eigenvalue weighted by Crippen LogP contribution is -2.42. The highest BCUT2D eigenvalue weighted by molar-refractivity contribution is 5.74. The van der Waals surface area contributed by atoms with Crippen molar-refractivity contribution < 1.29 is 14.6 Å². The molecule has 0 aliphatic heterocycles. The molecule has 0 saturated heterocycles. The molecule has 0 rings (SSSR count). The van der Waals surface area contributed by atoms with Crippen molar-refractivity contribution >= 4 is 6.03 Å². The third kappa shape index (κ3) is 9.49. The molecule has 0 bridgehead atoms. The van der Waals surface area contributed by atoms with Gasteiger partial charge >= 0.3 is 6.03 Å². The van der Waals surface area contributed by atoms with E-state index in [1.165, 1.54) is 0 Å². The van der Waals surface area contributed by atoms with Crippen LogP contribution in [-0.2, 0) is 4.74 Å². The van der Waals surface area contributed by atoms with Gasteiger partial charge in [-0.25, -0.2) is 4.79 Å². The maximum absolute atomic E-state index is 11.1. The topological polar surface area (TPSA) is 70.6 Å². The average Bonchev–Trinajstić information content (AvgIpc) is 2.23. The Balaban J connectivity index is 3.24. The minimum Gasteiger partial charge on any atom is -0.394 e. The minimum atomic E-state index is -0.219. The number of hydrogen-bond acceptors (Lipinski definition) is 3. The summed E-state index contributed by atoms with van der Waals surface area (Å²) in [5, 5.41) is 14.0. The second-order valence-electron chi connectivity index (χ2n) is 3.54. The summed E-state index contributed by atoms with van der Waals surface area (Å²) in [7, 11) is 1.68. The van der Waals surface area contributed by atoms with Crippen LogP contribution in [0.25, 0.3) is 0 Å². The van der Waals surface area contributed by atoms with Crippen molar-refractivity contribution in [1.82, 2.24) is 10.6 Å². The van der Waals surface area contributed by atoms with E-state index in [1.54, 1.807) is 14.0 Å². The molecule has 0 aromatic rings. The highest BCUT2D eigenvalue weighted by Crippen LogP contribution is 1.93. The van der Waals surface area contributed by atoms with Gasteiger partial charge in [0, 0.05) is 20.3 Å². The van der Waals surface area contributed by atoms with Crippen molar-refractivity contribution in [2.24, 2.45) is 0 Å². The van der Waals surface area contributed by atoms with Crippen LogP contribution in [0.5, 0.6) is 0 Å². The lowest BCUT2D eigenvalue weighted by molar-refractivity contribution is 0.192. The highest BCUT2D eigenvalue weighted by Gasteiger charge is 2.03. The standard InChI is InChI=1S/C10H22N2O3/c1-9(8-13)12-10(14)11-6-4-3-5-7-15-2/h9,13H,3-8H2,1-2H3,(H2,11,12,14). The zero-order valence-corrected chi connectivity index (χ0v) is 9.58. The van der Waals surface area contributed by atoms with Gasteiger partial charge in [-0.1, -0.05) is 0 Å². The summed E-state index contributed by atoms with van der Waals surface area (Å²) in [4.78, 5) is 11.1. The lowest BCUT2D eigenvalue weighted by atomic mass is 10.2. The molecule has 0 aromatic heterocycles. The van der Waals surface area contributed by atoms with Crippen molar-refractivity contribution in [2.75, 3.05) is 26.9 Å². The number of aliphatic hydroxyl groups excluding tert-OH is 1. The molecule has 0 spiro atoms. The van der Waals surface area contributed by atoms with Crippen LogP contribution in [0.1, 0.15) is 26.2 Å². The van der Waals surface area contributed by atoms with E-state index in [4.69, 9.17) is 9.84 Å². The fourth-order valence-corrected chi connectivity index (χ4v) is 1.07. The number of unbranched alkanes of at least 4 members (excludes halogenated alkanes) is 2. The first-order chi connectivity index (χ1) is 7.20. The molecule has 2 amide bonds. The second-order valence-corrected chi connectivity index (χ2v) is 3.54. The molecule has 0 fully saturated rings. The van der Waals surface area contributed by atoms with Crippen LogP contribution in [0, 0.1) is 0 Å². The molecule has 1 atom stereocenters. The van der Waals surface area contributed by atoms with Gasteiger partial charge in [-0.05, 0) is 26.2 Å². The molecule has 0 aromatic carbocycles. The van der Waals surface area contributed by atoms with E-state index >= 15 is 0 Å². The number of carbonyl (C=O) groups is 1. The van der Waals surface area contributed by atoms with Crippen LogP contribution in [0.2, 0.25) is 0 Å². The van der Waals surface area contributed by atoms with E-state index in [0.717, 1.165) is 25.9 Å². The van der Waals surface area contributed by atoms with E-state index < -0.39 is 0 Å². The van der Waals surface area contributed by atoms with Crippen molar-refractivity contribution in [3.63, 3.8) is 0 Å². The van der Waals surface area contributed by atoms with Crippen LogP contribution in [0.15, 0.2) is 0 Å². The van der Waals surface area contributed by atoms with E-state index in [2.05, 4.69) is 10.6 Å². The molecule has 0 saturated carbocycles. The summed E-state index contributed by atoms with van der Waals surface area (Å²) in [6, 6.07) is -0.415. The van der Waals surface area contributed by atoms with E-state index in [1.807, 2.05) is 0 Å². The molecule has 0 aliphatic carbocycles. The monoisotopic (exact) mass is 218 g/mol. The fraction of sp³-hybridized carbons (Fsp3) is 0.900. The number of amides is 2. The lowest BCUT2D eigenvalue weighted by Gasteiger charge is -2.11. The Morgan fingerprint density at radius 3 is 2.73 bits per heavy atom. The van der Waals surface area contributed by atoms with E-state index in [-0.39, 0.29) is 18.7 Å². The summed E-state index contributed by atoms with van der Waals surface area (Å²) in [6.07, 6.45) is 3.01. The predicted octanol–water partition coefficient (Wildman–Crippen LogP) is 0.483. The van der Waals surface area contributed by atoms with Gasteiger partial charge in [0.15, 0.2) is 0 Å². The van der Waals surface area contributed by atoms with Crippen LogP contribution in [-0.4, -0.2) is 44.0 Å². The summed E-state index contributed by atoms with van der Waals surface area (Å²) >= 11 is 0. The molecule has 3 N–H and O–H groups in total. The van der Waals surface area contributed by atoms with Crippen LogP contribution in [0.3, 0.4) is 0 Å². The molecule has 1 unspecified atom stereocenters. The number of rotatable bonds is 8. The Labute approximate surface area is 91.2 Å². The zero-order valence-electron chi connectivity index (χ0n) is 9.58. The molecule has 5 nitrogen and oxygen atoms in total. The number of methoxy groups -OCH3 is 1. The van der Waals surface area contributed by atoms with E-state index in [9.17, 15) is 4.79 Å². The number of aliphatic hydroxyl groups is 1. The molecule has 0 aliphatic rings. The number of nitrogens with one attached hydrogen (secondary N) is 2. The SMILES string of the molecule is COCCCCCNC(=O)NC(C)CO. The van der Waals surface area contributed by atoms with Gasteiger partial charge in [0.05, 0.1) is 12.6 Å². The number of carbonyl (C=O) groups excluding carboxylic acids is 1. The van der Waals surface area contributed by atoms with Crippen molar-refractivity contribution in [3.8, 4) is 0 Å². The summed E-state index contributed by atoms with van der Waals surface area (Å²) in [6.45, 7) is 3.14. The molecule has 0 heterocycles. The number of urea groups is 1. The first kappa shape index (κ1) is 14.2. The predicted molar refractivity (Wildman–Crippen MR) is 58.8 cm³/mol. The van der Waals surface area contributed by atoms with Crippen molar-refractivity contribution in [1.29, 1.82) is 0 Å².